The van der Waals surface area contributed by atoms with E-state index >= 15 is 0 Å². The quantitative estimate of drug-likeness (QED) is 0.600. The van der Waals surface area contributed by atoms with E-state index in [4.69, 9.17) is 5.73 Å². The van der Waals surface area contributed by atoms with E-state index in [0.717, 1.165) is 12.8 Å². The van der Waals surface area contributed by atoms with Gasteiger partial charge in [0.1, 0.15) is 0 Å². The fraction of sp³-hybridized carbons (Fsp3) is 0.714. The van der Waals surface area contributed by atoms with Gasteiger partial charge in [0.2, 0.25) is 0 Å². The Kier molecular flexibility index (Phi) is 2.32. The predicted molar refractivity (Wildman–Crippen MR) is 45.7 cm³/mol. The summed E-state index contributed by atoms with van der Waals surface area (Å²) in [6.45, 7) is 3.89. The molecule has 5 heteroatoms. The van der Waals surface area contributed by atoms with Crippen molar-refractivity contribution in [3.63, 3.8) is 0 Å². The van der Waals surface area contributed by atoms with Gasteiger partial charge in [0.05, 0.1) is 5.54 Å². The molecule has 0 aliphatic heterocycles. The molecule has 0 bridgehead atoms. The van der Waals surface area contributed by atoms with Crippen LogP contribution in [0.4, 0.5) is 0 Å². The summed E-state index contributed by atoms with van der Waals surface area (Å²) in [5, 5.41) is 6.08. The number of aromatic amines is 2. The van der Waals surface area contributed by atoms with E-state index in [2.05, 4.69) is 15.2 Å². The number of aromatic nitrogens is 3. The van der Waals surface area contributed by atoms with Crippen molar-refractivity contribution in [3.8, 4) is 0 Å². The minimum Gasteiger partial charge on any atom is -0.319 e. The molecule has 1 heterocycles. The first kappa shape index (κ1) is 8.99. The molecule has 1 atom stereocenters. The zero-order valence-corrected chi connectivity index (χ0v) is 7.35. The Balaban J connectivity index is 2.88. The number of hydrogen-bond donors (Lipinski definition) is 3. The van der Waals surface area contributed by atoms with Gasteiger partial charge in [-0.25, -0.2) is 9.89 Å². The van der Waals surface area contributed by atoms with Gasteiger partial charge in [0.25, 0.3) is 0 Å². The second-order valence-corrected chi connectivity index (χ2v) is 3.19. The lowest BCUT2D eigenvalue weighted by Crippen LogP contribution is -2.34. The van der Waals surface area contributed by atoms with Crippen LogP contribution >= 0.6 is 0 Å². The van der Waals surface area contributed by atoms with E-state index in [0.29, 0.717) is 5.82 Å². The molecule has 1 aromatic heterocycles. The van der Waals surface area contributed by atoms with Crippen LogP contribution in [0.1, 0.15) is 32.5 Å². The molecule has 1 unspecified atom stereocenters. The molecular formula is C7H14N4O. The summed E-state index contributed by atoms with van der Waals surface area (Å²) in [5.41, 5.74) is 5.07. The maximum atomic E-state index is 10.7. The third-order valence-electron chi connectivity index (χ3n) is 1.81. The molecule has 0 radical (unpaired) electrons. The molecule has 0 aliphatic rings. The van der Waals surface area contributed by atoms with Crippen molar-refractivity contribution < 1.29 is 0 Å². The first-order valence-electron chi connectivity index (χ1n) is 4.00. The maximum absolute atomic E-state index is 10.7. The summed E-state index contributed by atoms with van der Waals surface area (Å²) in [7, 11) is 0. The zero-order chi connectivity index (χ0) is 9.19. The molecular weight excluding hydrogens is 156 g/mol. The van der Waals surface area contributed by atoms with Gasteiger partial charge in [-0.15, -0.1) is 0 Å². The highest BCUT2D eigenvalue weighted by Gasteiger charge is 2.23. The summed E-state index contributed by atoms with van der Waals surface area (Å²) >= 11 is 0. The molecule has 0 fully saturated rings. The predicted octanol–water partition coefficient (Wildman–Crippen LogP) is 0.0720. The lowest BCUT2D eigenvalue weighted by Gasteiger charge is -2.19. The van der Waals surface area contributed by atoms with Crippen LogP contribution in [0.5, 0.6) is 0 Å². The number of H-pyrrole nitrogens is 2. The smallest absolute Gasteiger partial charge is 0.319 e. The fourth-order valence-corrected chi connectivity index (χ4v) is 1.18. The number of hydrogen-bond acceptors (Lipinski definition) is 3. The van der Waals surface area contributed by atoms with Crippen molar-refractivity contribution in [3.05, 3.63) is 16.3 Å². The average molecular weight is 170 g/mol. The molecule has 0 aromatic carbocycles. The number of nitrogens with one attached hydrogen (secondary N) is 2. The van der Waals surface area contributed by atoms with Crippen LogP contribution < -0.4 is 11.4 Å². The van der Waals surface area contributed by atoms with Crippen LogP contribution in [0.3, 0.4) is 0 Å². The highest BCUT2D eigenvalue weighted by atomic mass is 16.1. The van der Waals surface area contributed by atoms with Crippen LogP contribution in [0.2, 0.25) is 0 Å². The monoisotopic (exact) mass is 170 g/mol. The first-order chi connectivity index (χ1) is 5.56. The number of nitrogens with zero attached hydrogens (tertiary/aromatic N) is 1. The highest BCUT2D eigenvalue weighted by Crippen LogP contribution is 2.17. The van der Waals surface area contributed by atoms with Gasteiger partial charge in [-0.3, -0.25) is 4.98 Å². The summed E-state index contributed by atoms with van der Waals surface area (Å²) in [4.78, 5) is 13.3. The van der Waals surface area contributed by atoms with Crippen molar-refractivity contribution in [1.29, 1.82) is 0 Å². The van der Waals surface area contributed by atoms with Crippen molar-refractivity contribution in [2.24, 2.45) is 5.73 Å². The summed E-state index contributed by atoms with van der Waals surface area (Å²) in [5.74, 6) is 0.523. The Morgan fingerprint density at radius 1 is 1.67 bits per heavy atom. The largest absolute Gasteiger partial charge is 0.340 e. The van der Waals surface area contributed by atoms with Gasteiger partial charge in [0.15, 0.2) is 5.82 Å². The Morgan fingerprint density at radius 2 is 2.33 bits per heavy atom. The highest BCUT2D eigenvalue weighted by molar-refractivity contribution is 4.99. The Morgan fingerprint density at radius 3 is 2.75 bits per heavy atom. The van der Waals surface area contributed by atoms with Gasteiger partial charge in [-0.2, -0.15) is 5.10 Å². The van der Waals surface area contributed by atoms with Crippen molar-refractivity contribution in [2.75, 3.05) is 0 Å². The van der Waals surface area contributed by atoms with Crippen molar-refractivity contribution in [2.45, 2.75) is 32.2 Å². The summed E-state index contributed by atoms with van der Waals surface area (Å²) in [6.07, 6.45) is 1.76. The zero-order valence-electron chi connectivity index (χ0n) is 7.35. The Labute approximate surface area is 70.4 Å². The second-order valence-electron chi connectivity index (χ2n) is 3.19. The normalized spacial score (nSPS) is 15.9. The number of nitrogens with two attached hydrogens (primary N) is 1. The van der Waals surface area contributed by atoms with Gasteiger partial charge in [-0.1, -0.05) is 13.3 Å². The minimum atomic E-state index is -0.534. The first-order valence-corrected chi connectivity index (χ1v) is 4.00. The van der Waals surface area contributed by atoms with E-state index in [1.807, 2.05) is 13.8 Å². The van der Waals surface area contributed by atoms with Crippen LogP contribution in [-0.4, -0.2) is 15.2 Å². The average Bonchev–Trinajstić information content (AvgIpc) is 2.36. The van der Waals surface area contributed by atoms with Crippen LogP contribution in [-0.2, 0) is 5.54 Å². The minimum absolute atomic E-state index is 0.308. The molecule has 0 aliphatic carbocycles. The van der Waals surface area contributed by atoms with Gasteiger partial charge in [-0.05, 0) is 13.3 Å². The molecule has 1 aromatic rings. The molecule has 0 amide bonds. The van der Waals surface area contributed by atoms with E-state index in [1.165, 1.54) is 0 Å². The summed E-state index contributed by atoms with van der Waals surface area (Å²) < 4.78 is 0. The van der Waals surface area contributed by atoms with Crippen molar-refractivity contribution in [1.82, 2.24) is 15.2 Å². The fourth-order valence-electron chi connectivity index (χ4n) is 1.18. The molecule has 4 N–H and O–H groups in total. The Hall–Kier alpha value is -1.10. The standard InChI is InChI=1S/C7H14N4O/c1-3-4-7(2,8)5-9-6(12)11-10-5/h3-4,8H2,1-2H3,(H2,9,10,11,12). The van der Waals surface area contributed by atoms with E-state index in [9.17, 15) is 4.79 Å². The molecule has 0 saturated carbocycles. The lowest BCUT2D eigenvalue weighted by atomic mass is 9.97. The van der Waals surface area contributed by atoms with E-state index in [1.54, 1.807) is 0 Å². The van der Waals surface area contributed by atoms with Crippen LogP contribution in [0, 0.1) is 0 Å². The van der Waals surface area contributed by atoms with Gasteiger partial charge >= 0.3 is 5.69 Å². The van der Waals surface area contributed by atoms with Crippen molar-refractivity contribution >= 4 is 0 Å². The third-order valence-corrected chi connectivity index (χ3v) is 1.81. The van der Waals surface area contributed by atoms with Gasteiger partial charge < -0.3 is 5.73 Å². The molecule has 12 heavy (non-hydrogen) atoms. The molecule has 1 rings (SSSR count). The van der Waals surface area contributed by atoms with Crippen LogP contribution in [0.15, 0.2) is 4.79 Å². The molecule has 5 nitrogen and oxygen atoms in total. The molecule has 0 saturated heterocycles. The topological polar surface area (TPSA) is 87.6 Å². The second kappa shape index (κ2) is 3.10. The van der Waals surface area contributed by atoms with E-state index < -0.39 is 5.54 Å². The number of rotatable bonds is 3. The summed E-state index contributed by atoms with van der Waals surface area (Å²) in [6, 6.07) is 0. The lowest BCUT2D eigenvalue weighted by molar-refractivity contribution is 0.421. The maximum Gasteiger partial charge on any atom is 0.340 e. The van der Waals surface area contributed by atoms with Gasteiger partial charge in [0, 0.05) is 0 Å². The molecule has 68 valence electrons. The van der Waals surface area contributed by atoms with Crippen LogP contribution in [0.25, 0.3) is 0 Å². The van der Waals surface area contributed by atoms with E-state index in [-0.39, 0.29) is 5.69 Å². The Bertz CT molecular complexity index is 298. The molecule has 0 spiro atoms. The third kappa shape index (κ3) is 1.73. The SMILES string of the molecule is CCCC(C)(N)c1n[nH]c(=O)[nH]1.